The zero-order chi connectivity index (χ0) is 18.4. The van der Waals surface area contributed by atoms with E-state index in [1.165, 1.54) is 11.7 Å². The van der Waals surface area contributed by atoms with Crippen LogP contribution in [0.1, 0.15) is 19.4 Å². The molecule has 1 aromatic heterocycles. The van der Waals surface area contributed by atoms with Crippen LogP contribution in [0.5, 0.6) is 0 Å². The van der Waals surface area contributed by atoms with Crippen LogP contribution in [0.15, 0.2) is 29.4 Å². The monoisotopic (exact) mass is 383 g/mol. The summed E-state index contributed by atoms with van der Waals surface area (Å²) >= 11 is 7.04. The van der Waals surface area contributed by atoms with Crippen molar-refractivity contribution >= 4 is 46.9 Å². The number of hydrogen-bond acceptors (Lipinski definition) is 7. The minimum absolute atomic E-state index is 0.0426. The summed E-state index contributed by atoms with van der Waals surface area (Å²) in [6.07, 6.45) is 0.459. The molecule has 0 aliphatic rings. The van der Waals surface area contributed by atoms with Crippen molar-refractivity contribution in [2.75, 3.05) is 23.9 Å². The van der Waals surface area contributed by atoms with Crippen LogP contribution in [-0.2, 0) is 14.3 Å². The number of thioether (sulfide) groups is 1. The smallest absolute Gasteiger partial charge is 0.316 e. The van der Waals surface area contributed by atoms with Gasteiger partial charge < -0.3 is 15.8 Å². The molecule has 0 saturated heterocycles. The molecule has 0 aliphatic carbocycles. The van der Waals surface area contributed by atoms with Crippen molar-refractivity contribution in [2.24, 2.45) is 0 Å². The van der Waals surface area contributed by atoms with Crippen LogP contribution in [0.25, 0.3) is 0 Å². The first-order chi connectivity index (χ1) is 12.0. The first kappa shape index (κ1) is 19.1. The number of ether oxygens (including phenoxy) is 1. The molecular formula is C15H18ClN5O3S. The molecule has 1 atom stereocenters. The third-order valence-electron chi connectivity index (χ3n) is 3.33. The summed E-state index contributed by atoms with van der Waals surface area (Å²) in [6, 6.07) is 6.21. The largest absolute Gasteiger partial charge is 0.468 e. The van der Waals surface area contributed by atoms with E-state index in [2.05, 4.69) is 20.3 Å². The summed E-state index contributed by atoms with van der Waals surface area (Å²) in [5.41, 5.74) is 6.45. The number of anilines is 2. The number of benzene rings is 1. The van der Waals surface area contributed by atoms with Crippen LogP contribution in [0, 0.1) is 0 Å². The molecule has 0 bridgehead atoms. The lowest BCUT2D eigenvalue weighted by molar-refractivity contribution is -0.137. The molecule has 3 N–H and O–H groups in total. The van der Waals surface area contributed by atoms with Crippen molar-refractivity contribution in [3.63, 3.8) is 0 Å². The molecule has 25 heavy (non-hydrogen) atoms. The van der Waals surface area contributed by atoms with E-state index in [1.54, 1.807) is 24.3 Å². The molecule has 0 spiro atoms. The maximum atomic E-state index is 12.7. The second-order valence-corrected chi connectivity index (χ2v) is 6.38. The second-order valence-electron chi connectivity index (χ2n) is 5.00. The Morgan fingerprint density at radius 3 is 2.84 bits per heavy atom. The van der Waals surface area contributed by atoms with Crippen molar-refractivity contribution in [3.8, 4) is 0 Å². The van der Waals surface area contributed by atoms with Gasteiger partial charge in [-0.25, -0.2) is 0 Å². The van der Waals surface area contributed by atoms with E-state index in [-0.39, 0.29) is 17.6 Å². The summed E-state index contributed by atoms with van der Waals surface area (Å²) in [5, 5.41) is 11.4. The minimum Gasteiger partial charge on any atom is -0.468 e. The standard InChI is InChI=1S/C15H18ClN5O3S/c1-3-11(13(23)18-10-6-4-5-9(16)7-10)21-14(17)19-20-15(21)25-8-12(22)24-2/h4-7,11H,3,8H2,1-2H3,(H2,17,19)(H,18,23). The fraction of sp³-hybridized carbons (Fsp3) is 0.333. The molecule has 1 unspecified atom stereocenters. The van der Waals surface area contributed by atoms with Gasteiger partial charge in [-0.3, -0.25) is 14.2 Å². The number of nitrogens with two attached hydrogens (primary N) is 1. The van der Waals surface area contributed by atoms with Gasteiger partial charge in [0.15, 0.2) is 5.16 Å². The predicted molar refractivity (Wildman–Crippen MR) is 96.6 cm³/mol. The van der Waals surface area contributed by atoms with E-state index >= 15 is 0 Å². The molecule has 134 valence electrons. The van der Waals surface area contributed by atoms with Crippen molar-refractivity contribution in [1.29, 1.82) is 0 Å². The van der Waals surface area contributed by atoms with E-state index < -0.39 is 12.0 Å². The average molecular weight is 384 g/mol. The number of methoxy groups -OCH3 is 1. The Kier molecular flexibility index (Phi) is 6.65. The predicted octanol–water partition coefficient (Wildman–Crippen LogP) is 2.37. The number of esters is 1. The van der Waals surface area contributed by atoms with Gasteiger partial charge in [-0.15, -0.1) is 10.2 Å². The Morgan fingerprint density at radius 1 is 1.44 bits per heavy atom. The highest BCUT2D eigenvalue weighted by molar-refractivity contribution is 7.99. The number of nitrogen functional groups attached to an aromatic ring is 1. The van der Waals surface area contributed by atoms with Crippen LogP contribution in [0.2, 0.25) is 5.02 Å². The molecule has 0 saturated carbocycles. The van der Waals surface area contributed by atoms with Crippen LogP contribution < -0.4 is 11.1 Å². The Bertz CT molecular complexity index is 767. The lowest BCUT2D eigenvalue weighted by Crippen LogP contribution is -2.27. The molecule has 0 radical (unpaired) electrons. The van der Waals surface area contributed by atoms with Crippen LogP contribution in [0.3, 0.4) is 0 Å². The molecule has 1 aromatic carbocycles. The molecule has 0 fully saturated rings. The normalized spacial score (nSPS) is 11.8. The molecule has 10 heteroatoms. The van der Waals surface area contributed by atoms with E-state index in [0.29, 0.717) is 22.3 Å². The number of hydrogen-bond donors (Lipinski definition) is 2. The van der Waals surface area contributed by atoms with Crippen LogP contribution in [-0.4, -0.2) is 39.5 Å². The third kappa shape index (κ3) is 4.86. The first-order valence-electron chi connectivity index (χ1n) is 7.42. The van der Waals surface area contributed by atoms with Gasteiger partial charge in [-0.1, -0.05) is 36.4 Å². The summed E-state index contributed by atoms with van der Waals surface area (Å²) in [4.78, 5) is 24.0. The number of halogens is 1. The average Bonchev–Trinajstić information content (AvgIpc) is 2.94. The van der Waals surface area contributed by atoms with Gasteiger partial charge in [-0.2, -0.15) is 0 Å². The molecule has 0 aliphatic heterocycles. The molecule has 2 aromatic rings. The number of nitrogens with one attached hydrogen (secondary N) is 1. The molecular weight excluding hydrogens is 366 g/mol. The zero-order valence-electron chi connectivity index (χ0n) is 13.7. The number of amides is 1. The molecule has 8 nitrogen and oxygen atoms in total. The Morgan fingerprint density at radius 2 is 2.20 bits per heavy atom. The topological polar surface area (TPSA) is 112 Å². The number of carbonyl (C=O) groups excluding carboxylic acids is 2. The summed E-state index contributed by atoms with van der Waals surface area (Å²) in [6.45, 7) is 1.84. The van der Waals surface area contributed by atoms with Crippen LogP contribution >= 0.6 is 23.4 Å². The third-order valence-corrected chi connectivity index (χ3v) is 4.48. The number of aromatic nitrogens is 3. The molecule has 2 rings (SSSR count). The molecule has 1 heterocycles. The minimum atomic E-state index is -0.630. The van der Waals surface area contributed by atoms with E-state index in [1.807, 2.05) is 6.92 Å². The van der Waals surface area contributed by atoms with Gasteiger partial charge in [0.05, 0.1) is 12.9 Å². The lowest BCUT2D eigenvalue weighted by atomic mass is 10.2. The highest BCUT2D eigenvalue weighted by atomic mass is 35.5. The zero-order valence-corrected chi connectivity index (χ0v) is 15.3. The number of rotatable bonds is 7. The summed E-state index contributed by atoms with van der Waals surface area (Å²) < 4.78 is 6.11. The highest BCUT2D eigenvalue weighted by Gasteiger charge is 2.25. The van der Waals surface area contributed by atoms with Gasteiger partial charge in [0, 0.05) is 10.7 Å². The van der Waals surface area contributed by atoms with Crippen molar-refractivity contribution in [3.05, 3.63) is 29.3 Å². The Balaban J connectivity index is 2.20. The van der Waals surface area contributed by atoms with E-state index in [9.17, 15) is 9.59 Å². The van der Waals surface area contributed by atoms with Crippen molar-refractivity contribution in [2.45, 2.75) is 24.5 Å². The summed E-state index contributed by atoms with van der Waals surface area (Å²) in [7, 11) is 1.30. The van der Waals surface area contributed by atoms with Crippen molar-refractivity contribution in [1.82, 2.24) is 14.8 Å². The fourth-order valence-corrected chi connectivity index (χ4v) is 3.15. The second kappa shape index (κ2) is 8.72. The SMILES string of the molecule is CCC(C(=O)Nc1cccc(Cl)c1)n1c(N)nnc1SCC(=O)OC. The van der Waals surface area contributed by atoms with Gasteiger partial charge in [0.1, 0.15) is 6.04 Å². The van der Waals surface area contributed by atoms with Gasteiger partial charge in [0.25, 0.3) is 0 Å². The molecule has 1 amide bonds. The maximum absolute atomic E-state index is 12.7. The number of nitrogens with zero attached hydrogens (tertiary/aromatic N) is 3. The highest BCUT2D eigenvalue weighted by Crippen LogP contribution is 2.26. The fourth-order valence-electron chi connectivity index (χ4n) is 2.14. The van der Waals surface area contributed by atoms with Gasteiger partial charge in [-0.05, 0) is 24.6 Å². The number of carbonyl (C=O) groups is 2. The van der Waals surface area contributed by atoms with Gasteiger partial charge >= 0.3 is 5.97 Å². The first-order valence-corrected chi connectivity index (χ1v) is 8.79. The Hall–Kier alpha value is -2.26. The quantitative estimate of drug-likeness (QED) is 0.557. The van der Waals surface area contributed by atoms with E-state index in [4.69, 9.17) is 17.3 Å². The summed E-state index contributed by atoms with van der Waals surface area (Å²) in [5.74, 6) is -0.549. The van der Waals surface area contributed by atoms with Crippen LogP contribution in [0.4, 0.5) is 11.6 Å². The van der Waals surface area contributed by atoms with E-state index in [0.717, 1.165) is 11.8 Å². The Labute approximate surface area is 154 Å². The lowest BCUT2D eigenvalue weighted by Gasteiger charge is -2.19. The van der Waals surface area contributed by atoms with Crippen molar-refractivity contribution < 1.29 is 14.3 Å². The maximum Gasteiger partial charge on any atom is 0.316 e. The van der Waals surface area contributed by atoms with Gasteiger partial charge in [0.2, 0.25) is 11.9 Å².